The molecule has 0 spiro atoms. The quantitative estimate of drug-likeness (QED) is 0.826. The number of aromatic nitrogens is 1. The zero-order valence-corrected chi connectivity index (χ0v) is 8.62. The van der Waals surface area contributed by atoms with Crippen molar-refractivity contribution in [2.24, 2.45) is 5.73 Å². The summed E-state index contributed by atoms with van der Waals surface area (Å²) in [6, 6.07) is 1.31. The van der Waals surface area contributed by atoms with Crippen molar-refractivity contribution in [3.8, 4) is 0 Å². The number of hydrogen-bond acceptors (Lipinski definition) is 2. The lowest BCUT2D eigenvalue weighted by atomic mass is 10.1. The van der Waals surface area contributed by atoms with Gasteiger partial charge < -0.3 is 5.73 Å². The summed E-state index contributed by atoms with van der Waals surface area (Å²) in [5, 5.41) is 0.305. The van der Waals surface area contributed by atoms with Crippen LogP contribution in [-0.4, -0.2) is 17.5 Å². The molecule has 0 aliphatic rings. The fourth-order valence-electron chi connectivity index (χ4n) is 0.938. The van der Waals surface area contributed by atoms with E-state index in [1.807, 2.05) is 0 Å². The van der Waals surface area contributed by atoms with Crippen LogP contribution in [0, 0.1) is 0 Å². The van der Waals surface area contributed by atoms with E-state index < -0.39 is 18.9 Å². The van der Waals surface area contributed by atoms with E-state index in [2.05, 4.69) is 4.98 Å². The van der Waals surface area contributed by atoms with Crippen molar-refractivity contribution >= 4 is 23.2 Å². The van der Waals surface area contributed by atoms with Crippen molar-refractivity contribution in [1.82, 2.24) is 4.98 Å². The molecule has 0 saturated heterocycles. The third-order valence-corrected chi connectivity index (χ3v) is 2.20. The molecule has 14 heavy (non-hydrogen) atoms. The van der Waals surface area contributed by atoms with Crippen LogP contribution in [-0.2, 0) is 6.42 Å². The smallest absolute Gasteiger partial charge is 0.264 e. The summed E-state index contributed by atoms with van der Waals surface area (Å²) >= 11 is 11.2. The number of halogens is 4. The standard InChI is InChI=1S/C8H8Cl2F2N2/c9-6-3-14-7(10)1-5(6)2-8(11,12)4-13/h1,3H,2,4,13H2. The van der Waals surface area contributed by atoms with E-state index in [1.54, 1.807) is 0 Å². The number of nitrogens with two attached hydrogens (primary N) is 1. The van der Waals surface area contributed by atoms with Gasteiger partial charge in [-0.25, -0.2) is 13.8 Å². The second-order valence-corrected chi connectivity index (χ2v) is 3.63. The van der Waals surface area contributed by atoms with Gasteiger partial charge in [0.25, 0.3) is 5.92 Å². The monoisotopic (exact) mass is 240 g/mol. The maximum absolute atomic E-state index is 12.9. The normalized spacial score (nSPS) is 11.8. The van der Waals surface area contributed by atoms with Crippen molar-refractivity contribution < 1.29 is 8.78 Å². The Balaban J connectivity index is 2.91. The van der Waals surface area contributed by atoms with E-state index in [0.29, 0.717) is 0 Å². The summed E-state index contributed by atoms with van der Waals surface area (Å²) in [5.74, 6) is -2.96. The van der Waals surface area contributed by atoms with E-state index in [9.17, 15) is 8.78 Å². The van der Waals surface area contributed by atoms with Crippen molar-refractivity contribution in [2.45, 2.75) is 12.3 Å². The topological polar surface area (TPSA) is 38.9 Å². The first-order valence-corrected chi connectivity index (χ1v) is 4.58. The van der Waals surface area contributed by atoms with Crippen molar-refractivity contribution in [3.05, 3.63) is 28.0 Å². The molecule has 0 saturated carbocycles. The number of rotatable bonds is 3. The van der Waals surface area contributed by atoms with E-state index in [4.69, 9.17) is 28.9 Å². The molecule has 0 amide bonds. The van der Waals surface area contributed by atoms with Crippen molar-refractivity contribution in [2.75, 3.05) is 6.54 Å². The van der Waals surface area contributed by atoms with Gasteiger partial charge in [-0.3, -0.25) is 0 Å². The Morgan fingerprint density at radius 3 is 2.64 bits per heavy atom. The van der Waals surface area contributed by atoms with E-state index in [-0.39, 0.29) is 15.7 Å². The molecule has 0 aromatic carbocycles. The summed E-state index contributed by atoms with van der Waals surface area (Å²) in [6.07, 6.45) is 0.719. The molecule has 2 nitrogen and oxygen atoms in total. The van der Waals surface area contributed by atoms with E-state index in [0.717, 1.165) is 0 Å². The van der Waals surface area contributed by atoms with Gasteiger partial charge in [0.2, 0.25) is 0 Å². The molecule has 0 atom stereocenters. The maximum Gasteiger partial charge on any atom is 0.264 e. The first kappa shape index (κ1) is 11.6. The molecular formula is C8H8Cl2F2N2. The molecule has 1 aromatic rings. The summed E-state index contributed by atoms with van der Waals surface area (Å²) < 4.78 is 25.8. The first-order chi connectivity index (χ1) is 6.44. The predicted octanol–water partition coefficient (Wildman–Crippen LogP) is 2.52. The Bertz CT molecular complexity index is 331. The van der Waals surface area contributed by atoms with Gasteiger partial charge in [-0.2, -0.15) is 0 Å². The zero-order valence-electron chi connectivity index (χ0n) is 7.11. The van der Waals surface area contributed by atoms with Gasteiger partial charge in [-0.05, 0) is 11.6 Å². The molecule has 0 bridgehead atoms. The molecule has 6 heteroatoms. The average molecular weight is 241 g/mol. The Hall–Kier alpha value is -0.450. The third-order valence-electron chi connectivity index (χ3n) is 1.65. The second-order valence-electron chi connectivity index (χ2n) is 2.84. The lowest BCUT2D eigenvalue weighted by Gasteiger charge is -2.14. The molecule has 0 unspecified atom stereocenters. The third kappa shape index (κ3) is 3.04. The summed E-state index contributed by atoms with van der Waals surface area (Å²) in [7, 11) is 0. The summed E-state index contributed by atoms with van der Waals surface area (Å²) in [4.78, 5) is 3.65. The molecule has 78 valence electrons. The van der Waals surface area contributed by atoms with Gasteiger partial charge in [-0.15, -0.1) is 0 Å². The number of alkyl halides is 2. The second kappa shape index (κ2) is 4.38. The average Bonchev–Trinajstić information content (AvgIpc) is 2.11. The molecule has 0 fully saturated rings. The van der Waals surface area contributed by atoms with Crippen LogP contribution < -0.4 is 5.73 Å². The Labute approximate surface area is 90.0 Å². The highest BCUT2D eigenvalue weighted by Crippen LogP contribution is 2.25. The number of nitrogens with zero attached hydrogens (tertiary/aromatic N) is 1. The molecule has 1 heterocycles. The van der Waals surface area contributed by atoms with Crippen LogP contribution >= 0.6 is 23.2 Å². The molecule has 0 radical (unpaired) electrons. The maximum atomic E-state index is 12.9. The first-order valence-electron chi connectivity index (χ1n) is 3.82. The predicted molar refractivity (Wildman–Crippen MR) is 52.0 cm³/mol. The van der Waals surface area contributed by atoms with Gasteiger partial charge >= 0.3 is 0 Å². The minimum atomic E-state index is -2.96. The van der Waals surface area contributed by atoms with Crippen LogP contribution in [0.25, 0.3) is 0 Å². The molecular weight excluding hydrogens is 233 g/mol. The Kier molecular flexibility index (Phi) is 3.64. The number of hydrogen-bond donors (Lipinski definition) is 1. The van der Waals surface area contributed by atoms with E-state index >= 15 is 0 Å². The molecule has 1 rings (SSSR count). The van der Waals surface area contributed by atoms with Crippen LogP contribution in [0.3, 0.4) is 0 Å². The Morgan fingerprint density at radius 1 is 1.43 bits per heavy atom. The molecule has 1 aromatic heterocycles. The molecule has 0 aliphatic carbocycles. The van der Waals surface area contributed by atoms with Gasteiger partial charge in [0.1, 0.15) is 5.15 Å². The van der Waals surface area contributed by atoms with Crippen LogP contribution in [0.5, 0.6) is 0 Å². The lowest BCUT2D eigenvalue weighted by molar-refractivity contribution is 0.0115. The highest BCUT2D eigenvalue weighted by atomic mass is 35.5. The molecule has 2 N–H and O–H groups in total. The minimum Gasteiger partial charge on any atom is -0.325 e. The van der Waals surface area contributed by atoms with Gasteiger partial charge in [0, 0.05) is 12.6 Å². The Morgan fingerprint density at radius 2 is 2.07 bits per heavy atom. The van der Waals surface area contributed by atoms with Crippen LogP contribution in [0.4, 0.5) is 8.78 Å². The lowest BCUT2D eigenvalue weighted by Crippen LogP contribution is -2.30. The highest BCUT2D eigenvalue weighted by molar-refractivity contribution is 6.32. The van der Waals surface area contributed by atoms with Gasteiger partial charge in [0.15, 0.2) is 0 Å². The van der Waals surface area contributed by atoms with Crippen LogP contribution in [0.15, 0.2) is 12.3 Å². The minimum absolute atomic E-state index is 0.136. The fourth-order valence-corrected chi connectivity index (χ4v) is 1.29. The highest BCUT2D eigenvalue weighted by Gasteiger charge is 2.28. The fraction of sp³-hybridized carbons (Fsp3) is 0.375. The summed E-state index contributed by atoms with van der Waals surface area (Å²) in [5.41, 5.74) is 5.15. The van der Waals surface area contributed by atoms with Crippen molar-refractivity contribution in [1.29, 1.82) is 0 Å². The van der Waals surface area contributed by atoms with E-state index in [1.165, 1.54) is 12.3 Å². The molecule has 0 aliphatic heterocycles. The zero-order chi connectivity index (χ0) is 10.8. The van der Waals surface area contributed by atoms with Gasteiger partial charge in [-0.1, -0.05) is 23.2 Å². The van der Waals surface area contributed by atoms with Crippen LogP contribution in [0.1, 0.15) is 5.56 Å². The summed E-state index contributed by atoms with van der Waals surface area (Å²) in [6.45, 7) is -0.719. The largest absolute Gasteiger partial charge is 0.325 e. The SMILES string of the molecule is NCC(F)(F)Cc1cc(Cl)ncc1Cl. The van der Waals surface area contributed by atoms with Gasteiger partial charge in [0.05, 0.1) is 11.6 Å². The van der Waals surface area contributed by atoms with Crippen LogP contribution in [0.2, 0.25) is 10.2 Å². The van der Waals surface area contributed by atoms with Crippen molar-refractivity contribution in [3.63, 3.8) is 0 Å². The number of pyridine rings is 1.